The second-order valence-corrected chi connectivity index (χ2v) is 7.17. The van der Waals surface area contributed by atoms with Crippen LogP contribution in [0.2, 0.25) is 0 Å². The van der Waals surface area contributed by atoms with Crippen molar-refractivity contribution in [2.45, 2.75) is 44.7 Å². The van der Waals surface area contributed by atoms with Crippen LogP contribution in [-0.2, 0) is 17.8 Å². The maximum absolute atomic E-state index is 12.8. The summed E-state index contributed by atoms with van der Waals surface area (Å²) in [7, 11) is 0. The molecule has 1 aliphatic heterocycles. The molecule has 7 heteroatoms. The first-order chi connectivity index (χ1) is 11.8. The molecular weight excluding hydrogens is 322 g/mol. The maximum Gasteiger partial charge on any atom is 0.228 e. The fourth-order valence-corrected chi connectivity index (χ4v) is 4.18. The lowest BCUT2D eigenvalue weighted by Crippen LogP contribution is -2.45. The predicted octanol–water partition coefficient (Wildman–Crippen LogP) is 2.61. The minimum Gasteiger partial charge on any atom is -0.339 e. The third kappa shape index (κ3) is 3.21. The molecule has 126 valence electrons. The Labute approximate surface area is 144 Å². The van der Waals surface area contributed by atoms with Crippen molar-refractivity contribution < 1.29 is 4.79 Å². The van der Waals surface area contributed by atoms with Gasteiger partial charge in [0.05, 0.1) is 12.1 Å². The first kappa shape index (κ1) is 15.4. The van der Waals surface area contributed by atoms with Gasteiger partial charge < -0.3 is 4.90 Å². The van der Waals surface area contributed by atoms with E-state index in [0.29, 0.717) is 12.5 Å². The molecule has 3 aromatic heterocycles. The second-order valence-electron chi connectivity index (χ2n) is 6.30. The average Bonchev–Trinajstić information content (AvgIpc) is 3.30. The molecule has 0 spiro atoms. The highest BCUT2D eigenvalue weighted by Gasteiger charge is 2.27. The molecule has 6 nitrogen and oxygen atoms in total. The Balaban J connectivity index is 1.41. The number of hydrogen-bond donors (Lipinski definition) is 0. The fourth-order valence-electron chi connectivity index (χ4n) is 3.46. The standard InChI is InChI=1S/C17H21N5OS/c23-16(12-14-13-20-10-11-24-17(20)19-14)22-8-2-1-4-15(22)5-9-21-7-3-6-18-21/h3,6-7,10-11,13,15H,1-2,4-5,8-9,12H2. The molecule has 1 fully saturated rings. The third-order valence-electron chi connectivity index (χ3n) is 4.67. The summed E-state index contributed by atoms with van der Waals surface area (Å²) in [4.78, 5) is 20.4. The number of aromatic nitrogens is 4. The summed E-state index contributed by atoms with van der Waals surface area (Å²) in [6.45, 7) is 1.73. The van der Waals surface area contributed by atoms with Crippen molar-refractivity contribution >= 4 is 22.2 Å². The van der Waals surface area contributed by atoms with Crippen LogP contribution < -0.4 is 0 Å². The molecule has 4 heterocycles. The highest BCUT2D eigenvalue weighted by Crippen LogP contribution is 2.22. The molecule has 24 heavy (non-hydrogen) atoms. The van der Waals surface area contributed by atoms with E-state index in [0.717, 1.165) is 43.0 Å². The van der Waals surface area contributed by atoms with E-state index in [1.807, 2.05) is 39.1 Å². The summed E-state index contributed by atoms with van der Waals surface area (Å²) in [6, 6.07) is 2.26. The fraction of sp³-hybridized carbons (Fsp3) is 0.471. The zero-order chi connectivity index (χ0) is 16.4. The zero-order valence-electron chi connectivity index (χ0n) is 13.5. The molecule has 1 unspecified atom stereocenters. The van der Waals surface area contributed by atoms with Crippen LogP contribution in [0.5, 0.6) is 0 Å². The van der Waals surface area contributed by atoms with E-state index >= 15 is 0 Å². The maximum atomic E-state index is 12.8. The number of piperidine rings is 1. The minimum absolute atomic E-state index is 0.200. The number of fused-ring (bicyclic) bond motifs is 1. The van der Waals surface area contributed by atoms with Gasteiger partial charge in [0.25, 0.3) is 0 Å². The Hall–Kier alpha value is -2.15. The Kier molecular flexibility index (Phi) is 4.34. The number of amides is 1. The first-order valence-corrected chi connectivity index (χ1v) is 9.35. The molecule has 0 aromatic carbocycles. The lowest BCUT2D eigenvalue weighted by atomic mass is 9.98. The number of aryl methyl sites for hydroxylation is 1. The van der Waals surface area contributed by atoms with Gasteiger partial charge in [-0.05, 0) is 31.7 Å². The molecule has 0 saturated carbocycles. The Morgan fingerprint density at radius 1 is 1.33 bits per heavy atom. The van der Waals surface area contributed by atoms with Gasteiger partial charge in [-0.15, -0.1) is 11.3 Å². The van der Waals surface area contributed by atoms with E-state index in [4.69, 9.17) is 0 Å². The van der Waals surface area contributed by atoms with Crippen LogP contribution in [0.1, 0.15) is 31.4 Å². The molecule has 0 N–H and O–H groups in total. The van der Waals surface area contributed by atoms with Gasteiger partial charge in [-0.3, -0.25) is 13.9 Å². The average molecular weight is 343 g/mol. The van der Waals surface area contributed by atoms with Crippen LogP contribution in [0.4, 0.5) is 0 Å². The number of carbonyl (C=O) groups excluding carboxylic acids is 1. The number of imidazole rings is 1. The number of rotatable bonds is 5. The van der Waals surface area contributed by atoms with E-state index in [1.165, 1.54) is 6.42 Å². The van der Waals surface area contributed by atoms with Gasteiger partial charge in [0.2, 0.25) is 5.91 Å². The second kappa shape index (κ2) is 6.76. The molecule has 1 amide bonds. The molecule has 1 atom stereocenters. The van der Waals surface area contributed by atoms with E-state index < -0.39 is 0 Å². The summed E-state index contributed by atoms with van der Waals surface area (Å²) in [5, 5.41) is 6.26. The third-order valence-corrected chi connectivity index (χ3v) is 5.44. The van der Waals surface area contributed by atoms with E-state index in [1.54, 1.807) is 17.5 Å². The van der Waals surface area contributed by atoms with Gasteiger partial charge in [0.1, 0.15) is 0 Å². The van der Waals surface area contributed by atoms with Gasteiger partial charge in [-0.25, -0.2) is 4.98 Å². The molecule has 1 saturated heterocycles. The smallest absolute Gasteiger partial charge is 0.228 e. The summed E-state index contributed by atoms with van der Waals surface area (Å²) in [6.07, 6.45) is 12.5. The minimum atomic E-state index is 0.200. The normalized spacial score (nSPS) is 18.3. The molecule has 0 aliphatic carbocycles. The van der Waals surface area contributed by atoms with Gasteiger partial charge in [0.15, 0.2) is 4.96 Å². The topological polar surface area (TPSA) is 55.4 Å². The van der Waals surface area contributed by atoms with Crippen molar-refractivity contribution in [3.8, 4) is 0 Å². The Bertz CT molecular complexity index is 778. The van der Waals surface area contributed by atoms with Crippen molar-refractivity contribution in [3.63, 3.8) is 0 Å². The number of thiazole rings is 1. The van der Waals surface area contributed by atoms with Crippen LogP contribution in [0.15, 0.2) is 36.2 Å². The molecule has 3 aromatic rings. The van der Waals surface area contributed by atoms with Crippen molar-refractivity contribution in [1.29, 1.82) is 0 Å². The number of hydrogen-bond acceptors (Lipinski definition) is 4. The molecular formula is C17H21N5OS. The van der Waals surface area contributed by atoms with Crippen LogP contribution in [-0.4, -0.2) is 42.6 Å². The predicted molar refractivity (Wildman–Crippen MR) is 93.0 cm³/mol. The Morgan fingerprint density at radius 2 is 2.29 bits per heavy atom. The highest BCUT2D eigenvalue weighted by atomic mass is 32.1. The summed E-state index contributed by atoms with van der Waals surface area (Å²) in [5.41, 5.74) is 0.864. The molecule has 0 radical (unpaired) electrons. The SMILES string of the molecule is O=C(Cc1cn2ccsc2n1)N1CCCCC1CCn1cccn1. The highest BCUT2D eigenvalue weighted by molar-refractivity contribution is 7.15. The van der Waals surface area contributed by atoms with E-state index in [2.05, 4.69) is 15.0 Å². The monoisotopic (exact) mass is 343 g/mol. The van der Waals surface area contributed by atoms with Crippen molar-refractivity contribution in [1.82, 2.24) is 24.1 Å². The van der Waals surface area contributed by atoms with Crippen molar-refractivity contribution in [3.05, 3.63) is 41.9 Å². The molecule has 0 bridgehead atoms. The first-order valence-electron chi connectivity index (χ1n) is 8.47. The number of nitrogens with zero attached hydrogens (tertiary/aromatic N) is 5. The van der Waals surface area contributed by atoms with Gasteiger partial charge in [-0.2, -0.15) is 5.10 Å². The Morgan fingerprint density at radius 3 is 3.12 bits per heavy atom. The van der Waals surface area contributed by atoms with Crippen LogP contribution in [0.25, 0.3) is 4.96 Å². The summed E-state index contributed by atoms with van der Waals surface area (Å²) >= 11 is 1.60. The van der Waals surface area contributed by atoms with Crippen LogP contribution >= 0.6 is 11.3 Å². The van der Waals surface area contributed by atoms with Crippen LogP contribution in [0.3, 0.4) is 0 Å². The van der Waals surface area contributed by atoms with E-state index in [-0.39, 0.29) is 5.91 Å². The van der Waals surface area contributed by atoms with Gasteiger partial charge in [0, 0.05) is 49.3 Å². The largest absolute Gasteiger partial charge is 0.339 e. The van der Waals surface area contributed by atoms with Crippen LogP contribution in [0, 0.1) is 0 Å². The summed E-state index contributed by atoms with van der Waals surface area (Å²) < 4.78 is 3.93. The lowest BCUT2D eigenvalue weighted by molar-refractivity contribution is -0.134. The quantitative estimate of drug-likeness (QED) is 0.715. The lowest BCUT2D eigenvalue weighted by Gasteiger charge is -2.36. The van der Waals surface area contributed by atoms with Crippen molar-refractivity contribution in [2.24, 2.45) is 0 Å². The van der Waals surface area contributed by atoms with E-state index in [9.17, 15) is 4.79 Å². The zero-order valence-corrected chi connectivity index (χ0v) is 14.4. The van der Waals surface area contributed by atoms with Gasteiger partial charge in [-0.1, -0.05) is 0 Å². The van der Waals surface area contributed by atoms with Crippen molar-refractivity contribution in [2.75, 3.05) is 6.54 Å². The number of likely N-dealkylation sites (tertiary alicyclic amines) is 1. The number of carbonyl (C=O) groups is 1. The molecule has 4 rings (SSSR count). The van der Waals surface area contributed by atoms with Gasteiger partial charge >= 0.3 is 0 Å². The molecule has 1 aliphatic rings. The summed E-state index contributed by atoms with van der Waals surface area (Å²) in [5.74, 6) is 0.200.